The first-order valence-electron chi connectivity index (χ1n) is 7.05. The van der Waals surface area contributed by atoms with Crippen molar-refractivity contribution in [2.45, 2.75) is 27.2 Å². The molecule has 0 fully saturated rings. The lowest BCUT2D eigenvalue weighted by molar-refractivity contribution is 1.21. The Kier molecular flexibility index (Phi) is 4.57. The van der Waals surface area contributed by atoms with E-state index in [1.54, 1.807) is 0 Å². The minimum absolute atomic E-state index is 0.977. The molecular formula is C20H22. The van der Waals surface area contributed by atoms with Gasteiger partial charge >= 0.3 is 0 Å². The van der Waals surface area contributed by atoms with Crippen LogP contribution >= 0.6 is 0 Å². The molecule has 2 aromatic rings. The lowest BCUT2D eigenvalue weighted by Crippen LogP contribution is -1.96. The van der Waals surface area contributed by atoms with Crippen LogP contribution in [0.2, 0.25) is 0 Å². The van der Waals surface area contributed by atoms with Crippen LogP contribution in [0.5, 0.6) is 0 Å². The molecule has 0 spiro atoms. The molecule has 0 saturated heterocycles. The molecule has 0 unspecified atom stereocenters. The molecule has 0 radical (unpaired) electrons. The van der Waals surface area contributed by atoms with Crippen LogP contribution in [-0.4, -0.2) is 0 Å². The predicted molar refractivity (Wildman–Crippen MR) is 89.7 cm³/mol. The van der Waals surface area contributed by atoms with Crippen molar-refractivity contribution < 1.29 is 0 Å². The van der Waals surface area contributed by atoms with Crippen molar-refractivity contribution >= 4 is 11.6 Å². The zero-order chi connectivity index (χ0) is 14.5. The fraction of sp³-hybridized carbons (Fsp3) is 0.200. The van der Waals surface area contributed by atoms with E-state index in [9.17, 15) is 0 Å². The molecule has 0 aliphatic rings. The van der Waals surface area contributed by atoms with Gasteiger partial charge in [-0.05, 0) is 55.0 Å². The summed E-state index contributed by atoms with van der Waals surface area (Å²) in [5.41, 5.74) is 8.02. The number of benzene rings is 2. The molecular weight excluding hydrogens is 240 g/mol. The van der Waals surface area contributed by atoms with Gasteiger partial charge in [0.15, 0.2) is 0 Å². The molecule has 0 amide bonds. The molecule has 0 aliphatic carbocycles. The maximum absolute atomic E-state index is 3.80. The molecule has 102 valence electrons. The van der Waals surface area contributed by atoms with Gasteiger partial charge in [0.25, 0.3) is 0 Å². The van der Waals surface area contributed by atoms with E-state index in [1.807, 2.05) is 6.08 Å². The van der Waals surface area contributed by atoms with Crippen LogP contribution in [0.3, 0.4) is 0 Å². The summed E-state index contributed by atoms with van der Waals surface area (Å²) < 4.78 is 0. The standard InChI is InChI=1S/C20H22/c1-5-17-10-12-18(13-11-17)14-20(15(2)3)19-9-7-6-8-16(19)4/h5-13H,1,14H2,2-4H3. The molecule has 0 N–H and O–H groups in total. The highest BCUT2D eigenvalue weighted by atomic mass is 14.1. The van der Waals surface area contributed by atoms with Gasteiger partial charge in [-0.3, -0.25) is 0 Å². The summed E-state index contributed by atoms with van der Waals surface area (Å²) in [6.07, 6.45) is 2.86. The summed E-state index contributed by atoms with van der Waals surface area (Å²) in [5, 5.41) is 0. The van der Waals surface area contributed by atoms with E-state index in [0.29, 0.717) is 0 Å². The lowest BCUT2D eigenvalue weighted by Gasteiger charge is -2.13. The smallest absolute Gasteiger partial charge is 0.00204 e. The molecule has 0 heteroatoms. The fourth-order valence-corrected chi connectivity index (χ4v) is 2.43. The van der Waals surface area contributed by atoms with Gasteiger partial charge in [0, 0.05) is 0 Å². The third kappa shape index (κ3) is 3.27. The Morgan fingerprint density at radius 2 is 1.65 bits per heavy atom. The Hall–Kier alpha value is -2.08. The van der Waals surface area contributed by atoms with Crippen molar-refractivity contribution in [3.05, 3.63) is 82.9 Å². The Morgan fingerprint density at radius 3 is 2.20 bits per heavy atom. The molecule has 0 aromatic heterocycles. The maximum Gasteiger partial charge on any atom is -0.00204 e. The highest BCUT2D eigenvalue weighted by Gasteiger charge is 2.07. The molecule has 0 nitrogen and oxygen atoms in total. The van der Waals surface area contributed by atoms with E-state index in [1.165, 1.54) is 33.4 Å². The van der Waals surface area contributed by atoms with Crippen molar-refractivity contribution in [1.82, 2.24) is 0 Å². The topological polar surface area (TPSA) is 0 Å². The lowest BCUT2D eigenvalue weighted by atomic mass is 9.91. The van der Waals surface area contributed by atoms with Crippen LogP contribution in [0.15, 0.2) is 60.7 Å². The van der Waals surface area contributed by atoms with Crippen molar-refractivity contribution in [1.29, 1.82) is 0 Å². The van der Waals surface area contributed by atoms with E-state index in [2.05, 4.69) is 75.9 Å². The van der Waals surface area contributed by atoms with Gasteiger partial charge < -0.3 is 0 Å². The average molecular weight is 262 g/mol. The number of rotatable bonds is 4. The normalized spacial score (nSPS) is 10.2. The Morgan fingerprint density at radius 1 is 1.00 bits per heavy atom. The second kappa shape index (κ2) is 6.38. The third-order valence-electron chi connectivity index (χ3n) is 3.67. The van der Waals surface area contributed by atoms with E-state index in [4.69, 9.17) is 0 Å². The fourth-order valence-electron chi connectivity index (χ4n) is 2.43. The zero-order valence-corrected chi connectivity index (χ0v) is 12.6. The molecule has 2 aromatic carbocycles. The quantitative estimate of drug-likeness (QED) is 0.665. The second-order valence-electron chi connectivity index (χ2n) is 5.42. The molecule has 0 atom stereocenters. The first kappa shape index (κ1) is 14.3. The summed E-state index contributed by atoms with van der Waals surface area (Å²) >= 11 is 0. The van der Waals surface area contributed by atoms with Crippen LogP contribution in [0.25, 0.3) is 11.6 Å². The van der Waals surface area contributed by atoms with Crippen LogP contribution in [0.4, 0.5) is 0 Å². The molecule has 0 bridgehead atoms. The number of allylic oxidation sites excluding steroid dienone is 2. The molecule has 0 aliphatic heterocycles. The monoisotopic (exact) mass is 262 g/mol. The molecule has 0 saturated carbocycles. The summed E-state index contributed by atoms with van der Waals surface area (Å²) in [7, 11) is 0. The van der Waals surface area contributed by atoms with Crippen molar-refractivity contribution in [3.8, 4) is 0 Å². The summed E-state index contributed by atoms with van der Waals surface area (Å²) in [5.74, 6) is 0. The number of hydrogen-bond donors (Lipinski definition) is 0. The first-order valence-corrected chi connectivity index (χ1v) is 7.05. The zero-order valence-electron chi connectivity index (χ0n) is 12.6. The molecule has 20 heavy (non-hydrogen) atoms. The average Bonchev–Trinajstić information content (AvgIpc) is 2.46. The third-order valence-corrected chi connectivity index (χ3v) is 3.67. The summed E-state index contributed by atoms with van der Waals surface area (Å²) in [6, 6.07) is 17.3. The van der Waals surface area contributed by atoms with E-state index >= 15 is 0 Å². The number of aryl methyl sites for hydroxylation is 1. The molecule has 2 rings (SSSR count). The van der Waals surface area contributed by atoms with Crippen molar-refractivity contribution in [3.63, 3.8) is 0 Å². The van der Waals surface area contributed by atoms with Gasteiger partial charge in [-0.15, -0.1) is 0 Å². The largest absolute Gasteiger partial charge is 0.0985 e. The maximum atomic E-state index is 3.80. The van der Waals surface area contributed by atoms with Crippen LogP contribution in [0, 0.1) is 6.92 Å². The van der Waals surface area contributed by atoms with Crippen molar-refractivity contribution in [2.24, 2.45) is 0 Å². The van der Waals surface area contributed by atoms with Gasteiger partial charge in [0.1, 0.15) is 0 Å². The first-order chi connectivity index (χ1) is 9.61. The Balaban J connectivity index is 2.34. The van der Waals surface area contributed by atoms with Crippen LogP contribution in [0.1, 0.15) is 36.1 Å². The van der Waals surface area contributed by atoms with Crippen LogP contribution in [-0.2, 0) is 6.42 Å². The SMILES string of the molecule is C=Cc1ccc(CC(=C(C)C)c2ccccc2C)cc1. The van der Waals surface area contributed by atoms with Gasteiger partial charge in [-0.1, -0.05) is 66.8 Å². The van der Waals surface area contributed by atoms with Crippen molar-refractivity contribution in [2.75, 3.05) is 0 Å². The summed E-state index contributed by atoms with van der Waals surface area (Å²) in [4.78, 5) is 0. The highest BCUT2D eigenvalue weighted by molar-refractivity contribution is 5.72. The van der Waals surface area contributed by atoms with E-state index in [-0.39, 0.29) is 0 Å². The van der Waals surface area contributed by atoms with E-state index < -0.39 is 0 Å². The van der Waals surface area contributed by atoms with Gasteiger partial charge in [-0.25, -0.2) is 0 Å². The highest BCUT2D eigenvalue weighted by Crippen LogP contribution is 2.26. The Bertz CT molecular complexity index is 623. The summed E-state index contributed by atoms with van der Waals surface area (Å²) in [6.45, 7) is 10.4. The van der Waals surface area contributed by atoms with Crippen LogP contribution < -0.4 is 0 Å². The van der Waals surface area contributed by atoms with Gasteiger partial charge in [0.05, 0.1) is 0 Å². The second-order valence-corrected chi connectivity index (χ2v) is 5.42. The van der Waals surface area contributed by atoms with Gasteiger partial charge in [-0.2, -0.15) is 0 Å². The Labute approximate surface area is 122 Å². The minimum atomic E-state index is 0.977. The number of hydrogen-bond acceptors (Lipinski definition) is 0. The van der Waals surface area contributed by atoms with Gasteiger partial charge in [0.2, 0.25) is 0 Å². The van der Waals surface area contributed by atoms with E-state index in [0.717, 1.165) is 6.42 Å². The predicted octanol–water partition coefficient (Wildman–Crippen LogP) is 5.67. The minimum Gasteiger partial charge on any atom is -0.0985 e. The molecule has 0 heterocycles.